The van der Waals surface area contributed by atoms with Crippen molar-refractivity contribution < 1.29 is 9.53 Å². The van der Waals surface area contributed by atoms with Gasteiger partial charge in [0, 0.05) is 18.6 Å². The Hall–Kier alpha value is -1.26. The van der Waals surface area contributed by atoms with E-state index in [1.54, 1.807) is 0 Å². The Kier molecular flexibility index (Phi) is 7.17. The summed E-state index contributed by atoms with van der Waals surface area (Å²) in [5.74, 6) is 0.788. The van der Waals surface area contributed by atoms with Crippen LogP contribution in [0.5, 0.6) is 5.75 Å². The second-order valence-corrected chi connectivity index (χ2v) is 6.04. The van der Waals surface area contributed by atoms with E-state index in [1.165, 1.54) is 11.1 Å². The van der Waals surface area contributed by atoms with Crippen molar-refractivity contribution in [3.05, 3.63) is 29.3 Å². The number of carbonyl (C=O) groups excluding carboxylic acids is 1. The van der Waals surface area contributed by atoms with Gasteiger partial charge in [0.2, 0.25) is 0 Å². The minimum absolute atomic E-state index is 0. The number of benzene rings is 1. The maximum Gasteiger partial charge on any atom is 0.260 e. The number of nitrogens with two attached hydrogens (primary N) is 1. The fraction of sp³-hybridized carbons (Fsp3) is 0.588. The van der Waals surface area contributed by atoms with E-state index in [2.05, 4.69) is 6.92 Å². The number of piperidine rings is 1. The molecule has 5 heteroatoms. The number of amides is 1. The first-order valence-corrected chi connectivity index (χ1v) is 7.74. The highest BCUT2D eigenvalue weighted by Crippen LogP contribution is 2.20. The number of halogens is 1. The number of hydrogen-bond acceptors (Lipinski definition) is 3. The molecule has 1 aromatic carbocycles. The number of likely N-dealkylation sites (tertiary alicyclic amines) is 1. The number of rotatable bonds is 4. The molecule has 0 aliphatic carbocycles. The van der Waals surface area contributed by atoms with Gasteiger partial charge in [0.15, 0.2) is 6.61 Å². The van der Waals surface area contributed by atoms with Crippen LogP contribution in [0.1, 0.15) is 37.3 Å². The summed E-state index contributed by atoms with van der Waals surface area (Å²) in [6.45, 7) is 6.96. The summed E-state index contributed by atoms with van der Waals surface area (Å²) >= 11 is 0. The molecule has 4 nitrogen and oxygen atoms in total. The van der Waals surface area contributed by atoms with Crippen LogP contribution < -0.4 is 10.5 Å². The molecule has 124 valence electrons. The first kappa shape index (κ1) is 18.8. The molecule has 0 aromatic heterocycles. The van der Waals surface area contributed by atoms with Crippen LogP contribution >= 0.6 is 12.4 Å². The first-order chi connectivity index (χ1) is 9.99. The summed E-state index contributed by atoms with van der Waals surface area (Å²) in [4.78, 5) is 14.3. The molecule has 22 heavy (non-hydrogen) atoms. The van der Waals surface area contributed by atoms with E-state index in [0.29, 0.717) is 0 Å². The summed E-state index contributed by atoms with van der Waals surface area (Å²) in [6, 6.07) is 6.06. The molecule has 2 unspecified atom stereocenters. The van der Waals surface area contributed by atoms with Crippen molar-refractivity contribution in [3.63, 3.8) is 0 Å². The van der Waals surface area contributed by atoms with Crippen LogP contribution in [0.25, 0.3) is 0 Å². The second kappa shape index (κ2) is 8.39. The molecule has 1 aliphatic rings. The average Bonchev–Trinajstić information content (AvgIpc) is 2.48. The average molecular weight is 327 g/mol. The normalized spacial score (nSPS) is 19.3. The Balaban J connectivity index is 0.00000242. The van der Waals surface area contributed by atoms with E-state index in [-0.39, 0.29) is 37.0 Å². The molecular weight excluding hydrogens is 300 g/mol. The van der Waals surface area contributed by atoms with E-state index in [9.17, 15) is 4.79 Å². The zero-order chi connectivity index (χ0) is 15.4. The summed E-state index contributed by atoms with van der Waals surface area (Å²) in [5.41, 5.74) is 8.40. The summed E-state index contributed by atoms with van der Waals surface area (Å²) in [7, 11) is 0. The van der Waals surface area contributed by atoms with Crippen LogP contribution in [0, 0.1) is 13.8 Å². The predicted molar refractivity (Wildman–Crippen MR) is 91.7 cm³/mol. The Morgan fingerprint density at radius 1 is 1.36 bits per heavy atom. The zero-order valence-corrected chi connectivity index (χ0v) is 14.5. The predicted octanol–water partition coefficient (Wildman–Crippen LogP) is 2.83. The molecule has 1 fully saturated rings. The molecule has 0 spiro atoms. The Morgan fingerprint density at radius 3 is 2.73 bits per heavy atom. The lowest BCUT2D eigenvalue weighted by Gasteiger charge is -2.38. The highest BCUT2D eigenvalue weighted by molar-refractivity contribution is 5.85. The highest BCUT2D eigenvalue weighted by Gasteiger charge is 2.29. The van der Waals surface area contributed by atoms with Crippen molar-refractivity contribution in [2.45, 2.75) is 52.1 Å². The van der Waals surface area contributed by atoms with Gasteiger partial charge < -0.3 is 15.4 Å². The maximum absolute atomic E-state index is 12.4. The van der Waals surface area contributed by atoms with Gasteiger partial charge in [0.25, 0.3) is 5.91 Å². The molecule has 2 N–H and O–H groups in total. The van der Waals surface area contributed by atoms with Gasteiger partial charge in [-0.1, -0.05) is 6.07 Å². The minimum Gasteiger partial charge on any atom is -0.484 e. The van der Waals surface area contributed by atoms with E-state index < -0.39 is 0 Å². The number of nitrogens with zero attached hydrogens (tertiary/aromatic N) is 1. The molecule has 1 amide bonds. The third kappa shape index (κ3) is 4.62. The summed E-state index contributed by atoms with van der Waals surface area (Å²) in [5, 5.41) is 0. The van der Waals surface area contributed by atoms with Crippen molar-refractivity contribution in [2.75, 3.05) is 13.2 Å². The smallest absolute Gasteiger partial charge is 0.260 e. The molecule has 0 bridgehead atoms. The van der Waals surface area contributed by atoms with Crippen LogP contribution in [0.15, 0.2) is 18.2 Å². The van der Waals surface area contributed by atoms with Crippen molar-refractivity contribution >= 4 is 18.3 Å². The standard InChI is InChI=1S/C17H26N2O2.ClH/c1-12-7-8-15(10-13(12)2)21-11-17(20)19-9-5-4-6-16(19)14(3)18;/h7-8,10,14,16H,4-6,9,11,18H2,1-3H3;1H. The van der Waals surface area contributed by atoms with Crippen molar-refractivity contribution in [3.8, 4) is 5.75 Å². The molecular formula is C17H27ClN2O2. The zero-order valence-electron chi connectivity index (χ0n) is 13.7. The molecule has 0 radical (unpaired) electrons. The molecule has 1 aromatic rings. The lowest BCUT2D eigenvalue weighted by molar-refractivity contribution is -0.137. The molecule has 1 saturated heterocycles. The topological polar surface area (TPSA) is 55.6 Å². The van der Waals surface area contributed by atoms with E-state index in [4.69, 9.17) is 10.5 Å². The van der Waals surface area contributed by atoms with Gasteiger partial charge in [-0.2, -0.15) is 0 Å². The lowest BCUT2D eigenvalue weighted by Crippen LogP contribution is -2.52. The van der Waals surface area contributed by atoms with E-state index >= 15 is 0 Å². The van der Waals surface area contributed by atoms with Crippen LogP contribution in [0.2, 0.25) is 0 Å². The monoisotopic (exact) mass is 326 g/mol. The fourth-order valence-corrected chi connectivity index (χ4v) is 2.85. The minimum atomic E-state index is 0. The van der Waals surface area contributed by atoms with Crippen molar-refractivity contribution in [1.29, 1.82) is 0 Å². The lowest BCUT2D eigenvalue weighted by atomic mass is 9.97. The Morgan fingerprint density at radius 2 is 2.09 bits per heavy atom. The van der Waals surface area contributed by atoms with Gasteiger partial charge in [-0.3, -0.25) is 4.79 Å². The number of ether oxygens (including phenoxy) is 1. The number of aryl methyl sites for hydroxylation is 2. The molecule has 0 saturated carbocycles. The molecule has 2 rings (SSSR count). The maximum atomic E-state index is 12.4. The SMILES string of the molecule is Cc1ccc(OCC(=O)N2CCCCC2C(C)N)cc1C.Cl. The third-order valence-corrected chi connectivity index (χ3v) is 4.32. The van der Waals surface area contributed by atoms with Crippen LogP contribution in [0.4, 0.5) is 0 Å². The Labute approximate surface area is 139 Å². The van der Waals surface area contributed by atoms with Gasteiger partial charge in [0.05, 0.1) is 0 Å². The fourth-order valence-electron chi connectivity index (χ4n) is 2.85. The molecule has 1 aliphatic heterocycles. The molecule has 2 atom stereocenters. The van der Waals surface area contributed by atoms with Crippen molar-refractivity contribution in [2.24, 2.45) is 5.73 Å². The van der Waals surface area contributed by atoms with Crippen LogP contribution in [-0.4, -0.2) is 36.0 Å². The van der Waals surface area contributed by atoms with Gasteiger partial charge >= 0.3 is 0 Å². The number of carbonyl (C=O) groups is 1. The van der Waals surface area contributed by atoms with Gasteiger partial charge in [0.1, 0.15) is 5.75 Å². The largest absolute Gasteiger partial charge is 0.484 e. The van der Waals surface area contributed by atoms with Crippen LogP contribution in [-0.2, 0) is 4.79 Å². The Bertz CT molecular complexity index is 505. The molecule has 1 heterocycles. The van der Waals surface area contributed by atoms with Gasteiger partial charge in [-0.25, -0.2) is 0 Å². The number of hydrogen-bond donors (Lipinski definition) is 1. The quantitative estimate of drug-likeness (QED) is 0.925. The van der Waals surface area contributed by atoms with E-state index in [0.717, 1.165) is 31.6 Å². The van der Waals surface area contributed by atoms with E-state index in [1.807, 2.05) is 36.9 Å². The second-order valence-electron chi connectivity index (χ2n) is 6.04. The van der Waals surface area contributed by atoms with Crippen LogP contribution in [0.3, 0.4) is 0 Å². The highest BCUT2D eigenvalue weighted by atomic mass is 35.5. The summed E-state index contributed by atoms with van der Waals surface area (Å²) in [6.07, 6.45) is 3.19. The van der Waals surface area contributed by atoms with Gasteiger partial charge in [-0.05, 0) is 63.3 Å². The van der Waals surface area contributed by atoms with Crippen molar-refractivity contribution in [1.82, 2.24) is 4.90 Å². The third-order valence-electron chi connectivity index (χ3n) is 4.32. The summed E-state index contributed by atoms with van der Waals surface area (Å²) < 4.78 is 5.65. The van der Waals surface area contributed by atoms with Gasteiger partial charge in [-0.15, -0.1) is 12.4 Å². The first-order valence-electron chi connectivity index (χ1n) is 7.74.